The van der Waals surface area contributed by atoms with E-state index in [-0.39, 0.29) is 11.9 Å². The molecule has 2 aliphatic rings. The van der Waals surface area contributed by atoms with Crippen LogP contribution in [0.2, 0.25) is 0 Å². The summed E-state index contributed by atoms with van der Waals surface area (Å²) in [6.45, 7) is 4.67. The van der Waals surface area contributed by atoms with E-state index in [9.17, 15) is 9.90 Å². The van der Waals surface area contributed by atoms with E-state index in [2.05, 4.69) is 12.2 Å². The summed E-state index contributed by atoms with van der Waals surface area (Å²) < 4.78 is 5.28. The largest absolute Gasteiger partial charge is 0.388 e. The summed E-state index contributed by atoms with van der Waals surface area (Å²) in [5, 5.41) is 13.8. The zero-order chi connectivity index (χ0) is 14.6. The molecule has 2 rings (SSSR count). The number of nitrogens with one attached hydrogen (secondary N) is 1. The number of piperidine rings is 1. The third-order valence-corrected chi connectivity index (χ3v) is 4.72. The smallest absolute Gasteiger partial charge is 0.239 e. The highest BCUT2D eigenvalue weighted by Gasteiger charge is 2.35. The average Bonchev–Trinajstić information content (AvgIpc) is 2.46. The number of carbonyl (C=O) groups is 1. The van der Waals surface area contributed by atoms with Crippen molar-refractivity contribution in [2.75, 3.05) is 33.4 Å². The van der Waals surface area contributed by atoms with Gasteiger partial charge in [0.15, 0.2) is 0 Å². The normalized spacial score (nSPS) is 29.9. The van der Waals surface area contributed by atoms with Crippen molar-refractivity contribution in [1.29, 1.82) is 0 Å². The van der Waals surface area contributed by atoms with E-state index in [0.29, 0.717) is 38.5 Å². The van der Waals surface area contributed by atoms with Gasteiger partial charge in [0.1, 0.15) is 0 Å². The second-order valence-corrected chi connectivity index (χ2v) is 6.34. The third-order valence-electron chi connectivity index (χ3n) is 4.72. The Morgan fingerprint density at radius 3 is 2.80 bits per heavy atom. The van der Waals surface area contributed by atoms with Crippen molar-refractivity contribution in [2.45, 2.75) is 50.7 Å². The van der Waals surface area contributed by atoms with Gasteiger partial charge in [-0.2, -0.15) is 0 Å². The summed E-state index contributed by atoms with van der Waals surface area (Å²) in [7, 11) is 1.80. The zero-order valence-corrected chi connectivity index (χ0v) is 12.7. The standard InChI is InChI=1S/C15H28N2O3/c1-3-12-4-7-16-13(10-12)14(18)17(2)11-15(19)5-8-20-9-6-15/h12-13,16,19H,3-11H2,1-2H3. The minimum atomic E-state index is -0.776. The molecule has 116 valence electrons. The fraction of sp³-hybridized carbons (Fsp3) is 0.933. The second-order valence-electron chi connectivity index (χ2n) is 6.34. The van der Waals surface area contributed by atoms with Gasteiger partial charge in [0.2, 0.25) is 5.91 Å². The van der Waals surface area contributed by atoms with Crippen LogP contribution in [-0.4, -0.2) is 60.9 Å². The van der Waals surface area contributed by atoms with E-state index in [4.69, 9.17) is 4.74 Å². The molecule has 0 saturated carbocycles. The van der Waals surface area contributed by atoms with Gasteiger partial charge < -0.3 is 20.1 Å². The molecule has 0 aromatic heterocycles. The predicted octanol–water partition coefficient (Wildman–Crippen LogP) is 0.764. The number of rotatable bonds is 4. The van der Waals surface area contributed by atoms with Crippen LogP contribution in [0.4, 0.5) is 0 Å². The maximum absolute atomic E-state index is 12.5. The first-order valence-electron chi connectivity index (χ1n) is 7.82. The molecular formula is C15H28N2O3. The van der Waals surface area contributed by atoms with Gasteiger partial charge in [0.05, 0.1) is 11.6 Å². The van der Waals surface area contributed by atoms with Crippen LogP contribution < -0.4 is 5.32 Å². The molecule has 2 fully saturated rings. The van der Waals surface area contributed by atoms with Gasteiger partial charge in [-0.1, -0.05) is 13.3 Å². The van der Waals surface area contributed by atoms with Crippen LogP contribution in [-0.2, 0) is 9.53 Å². The molecule has 5 nitrogen and oxygen atoms in total. The third kappa shape index (κ3) is 3.93. The van der Waals surface area contributed by atoms with E-state index < -0.39 is 5.60 Å². The lowest BCUT2D eigenvalue weighted by Crippen LogP contribution is -2.53. The first-order valence-corrected chi connectivity index (χ1v) is 7.82. The van der Waals surface area contributed by atoms with Crippen molar-refractivity contribution in [3.8, 4) is 0 Å². The molecule has 0 bridgehead atoms. The number of hydrogen-bond acceptors (Lipinski definition) is 4. The highest BCUT2D eigenvalue weighted by Crippen LogP contribution is 2.23. The Hall–Kier alpha value is -0.650. The molecule has 5 heteroatoms. The van der Waals surface area contributed by atoms with Crippen molar-refractivity contribution in [1.82, 2.24) is 10.2 Å². The molecule has 0 spiro atoms. The SMILES string of the molecule is CCC1CCNC(C(=O)N(C)CC2(O)CCOCC2)C1. The van der Waals surface area contributed by atoms with Crippen molar-refractivity contribution in [2.24, 2.45) is 5.92 Å². The lowest BCUT2D eigenvalue weighted by atomic mass is 9.89. The molecule has 1 amide bonds. The molecule has 2 aliphatic heterocycles. The van der Waals surface area contributed by atoms with E-state index in [0.717, 1.165) is 25.8 Å². The van der Waals surface area contributed by atoms with Crippen molar-refractivity contribution in [3.63, 3.8) is 0 Å². The van der Waals surface area contributed by atoms with E-state index >= 15 is 0 Å². The zero-order valence-electron chi connectivity index (χ0n) is 12.7. The number of nitrogens with zero attached hydrogens (tertiary/aromatic N) is 1. The molecule has 0 aliphatic carbocycles. The average molecular weight is 284 g/mol. The first-order chi connectivity index (χ1) is 9.54. The molecule has 2 N–H and O–H groups in total. The number of likely N-dealkylation sites (N-methyl/N-ethyl adjacent to an activating group) is 1. The molecule has 2 unspecified atom stereocenters. The van der Waals surface area contributed by atoms with E-state index in [1.165, 1.54) is 0 Å². The minimum absolute atomic E-state index is 0.0814. The van der Waals surface area contributed by atoms with Crippen molar-refractivity contribution < 1.29 is 14.6 Å². The Balaban J connectivity index is 1.87. The number of carbonyl (C=O) groups excluding carboxylic acids is 1. The Kier molecular flexibility index (Phi) is 5.41. The second kappa shape index (κ2) is 6.87. The Labute approximate surface area is 121 Å². The Morgan fingerprint density at radius 2 is 2.15 bits per heavy atom. The van der Waals surface area contributed by atoms with Gasteiger partial charge in [0, 0.05) is 39.6 Å². The van der Waals surface area contributed by atoms with Gasteiger partial charge in [-0.25, -0.2) is 0 Å². The van der Waals surface area contributed by atoms with Crippen LogP contribution in [0.3, 0.4) is 0 Å². The molecule has 2 saturated heterocycles. The number of amides is 1. The highest BCUT2D eigenvalue weighted by molar-refractivity contribution is 5.81. The summed E-state index contributed by atoms with van der Waals surface area (Å²) in [6, 6.07) is -0.0814. The monoisotopic (exact) mass is 284 g/mol. The van der Waals surface area contributed by atoms with Gasteiger partial charge in [-0.3, -0.25) is 4.79 Å². The molecule has 0 radical (unpaired) electrons. The Morgan fingerprint density at radius 1 is 1.45 bits per heavy atom. The van der Waals surface area contributed by atoms with Crippen LogP contribution in [0.15, 0.2) is 0 Å². The van der Waals surface area contributed by atoms with Crippen LogP contribution in [0.5, 0.6) is 0 Å². The lowest BCUT2D eigenvalue weighted by molar-refractivity contribution is -0.139. The summed E-state index contributed by atoms with van der Waals surface area (Å²) in [4.78, 5) is 14.2. The minimum Gasteiger partial charge on any atom is -0.388 e. The number of hydrogen-bond donors (Lipinski definition) is 2. The van der Waals surface area contributed by atoms with Crippen LogP contribution in [0, 0.1) is 5.92 Å². The number of ether oxygens (including phenoxy) is 1. The van der Waals surface area contributed by atoms with Gasteiger partial charge in [-0.15, -0.1) is 0 Å². The van der Waals surface area contributed by atoms with E-state index in [1.807, 2.05) is 0 Å². The summed E-state index contributed by atoms with van der Waals surface area (Å²) in [6.07, 6.45) is 4.43. The maximum atomic E-state index is 12.5. The Bertz CT molecular complexity index is 329. The molecule has 0 aromatic rings. The fourth-order valence-corrected chi connectivity index (χ4v) is 3.25. The van der Waals surface area contributed by atoms with Gasteiger partial charge in [-0.05, 0) is 25.3 Å². The van der Waals surface area contributed by atoms with Crippen molar-refractivity contribution in [3.05, 3.63) is 0 Å². The molecule has 2 atom stereocenters. The van der Waals surface area contributed by atoms with Crippen LogP contribution >= 0.6 is 0 Å². The fourth-order valence-electron chi connectivity index (χ4n) is 3.25. The molecular weight excluding hydrogens is 256 g/mol. The molecule has 0 aromatic carbocycles. The summed E-state index contributed by atoms with van der Waals surface area (Å²) >= 11 is 0. The number of aliphatic hydroxyl groups is 1. The van der Waals surface area contributed by atoms with E-state index in [1.54, 1.807) is 11.9 Å². The molecule has 2 heterocycles. The maximum Gasteiger partial charge on any atom is 0.239 e. The van der Waals surface area contributed by atoms with Gasteiger partial charge >= 0.3 is 0 Å². The van der Waals surface area contributed by atoms with Crippen LogP contribution in [0.25, 0.3) is 0 Å². The van der Waals surface area contributed by atoms with Crippen LogP contribution in [0.1, 0.15) is 39.0 Å². The lowest BCUT2D eigenvalue weighted by Gasteiger charge is -2.37. The quantitative estimate of drug-likeness (QED) is 0.800. The molecule has 20 heavy (non-hydrogen) atoms. The first kappa shape index (κ1) is 15.7. The summed E-state index contributed by atoms with van der Waals surface area (Å²) in [5.74, 6) is 0.757. The topological polar surface area (TPSA) is 61.8 Å². The predicted molar refractivity (Wildman–Crippen MR) is 77.4 cm³/mol. The van der Waals surface area contributed by atoms with Crippen molar-refractivity contribution >= 4 is 5.91 Å². The van der Waals surface area contributed by atoms with Gasteiger partial charge in [0.25, 0.3) is 0 Å². The summed E-state index contributed by atoms with van der Waals surface area (Å²) in [5.41, 5.74) is -0.776. The highest BCUT2D eigenvalue weighted by atomic mass is 16.5.